The molecule has 0 heterocycles. The van der Waals surface area contributed by atoms with Crippen LogP contribution in [-0.4, -0.2) is 28.2 Å². The van der Waals surface area contributed by atoms with Crippen LogP contribution in [0.25, 0.3) is 0 Å². The van der Waals surface area contributed by atoms with Crippen molar-refractivity contribution in [3.63, 3.8) is 0 Å². The first-order valence-corrected chi connectivity index (χ1v) is 5.15. The van der Waals surface area contributed by atoms with Gasteiger partial charge in [-0.2, -0.15) is 0 Å². The van der Waals surface area contributed by atoms with Gasteiger partial charge >= 0.3 is 0 Å². The molecule has 0 N–H and O–H groups in total. The minimum absolute atomic E-state index is 0.426. The lowest BCUT2D eigenvalue weighted by atomic mass is 10.5. The molecule has 60 valence electrons. The third kappa shape index (κ3) is 2.95. The third-order valence-electron chi connectivity index (χ3n) is 1.51. The molecule has 0 aromatic heterocycles. The van der Waals surface area contributed by atoms with Crippen molar-refractivity contribution in [2.75, 3.05) is 13.1 Å². The molecule has 10 heavy (non-hydrogen) atoms. The van der Waals surface area contributed by atoms with Gasteiger partial charge in [-0.3, -0.25) is 0 Å². The first-order valence-electron chi connectivity index (χ1n) is 3.40. The summed E-state index contributed by atoms with van der Waals surface area (Å²) in [5, 5.41) is 1.09. The summed E-state index contributed by atoms with van der Waals surface area (Å²) in [5.74, 6) is 0. The van der Waals surface area contributed by atoms with E-state index >= 15 is 0 Å². The van der Waals surface area contributed by atoms with E-state index < -0.39 is 0 Å². The molecule has 0 aliphatic carbocycles. The fourth-order valence-corrected chi connectivity index (χ4v) is 1.69. The predicted octanol–water partition coefficient (Wildman–Crippen LogP) is 1.30. The van der Waals surface area contributed by atoms with Gasteiger partial charge in [0, 0.05) is 18.4 Å². The molecule has 0 aliphatic rings. The second-order valence-electron chi connectivity index (χ2n) is 2.02. The van der Waals surface area contributed by atoms with Gasteiger partial charge in [-0.1, -0.05) is 23.2 Å². The SMILES string of the molecule is CCN(CC)C([SiH3])=C(Cl)Cl. The van der Waals surface area contributed by atoms with E-state index in [-0.39, 0.29) is 0 Å². The fourth-order valence-electron chi connectivity index (χ4n) is 0.817. The zero-order chi connectivity index (χ0) is 8.15. The quantitative estimate of drug-likeness (QED) is 0.618. The van der Waals surface area contributed by atoms with Crippen LogP contribution in [0.1, 0.15) is 13.8 Å². The highest BCUT2D eigenvalue weighted by Gasteiger charge is 2.01. The van der Waals surface area contributed by atoms with Gasteiger partial charge in [0.2, 0.25) is 0 Å². The van der Waals surface area contributed by atoms with Crippen LogP contribution in [0.15, 0.2) is 9.81 Å². The zero-order valence-electron chi connectivity index (χ0n) is 6.62. The first-order chi connectivity index (χ1) is 4.63. The summed E-state index contributed by atoms with van der Waals surface area (Å²) in [4.78, 5) is 2.17. The Morgan fingerprint density at radius 1 is 1.30 bits per heavy atom. The van der Waals surface area contributed by atoms with Crippen LogP contribution in [-0.2, 0) is 0 Å². The maximum atomic E-state index is 5.62. The van der Waals surface area contributed by atoms with Gasteiger partial charge in [0.1, 0.15) is 4.49 Å². The number of halogens is 2. The summed E-state index contributed by atoms with van der Waals surface area (Å²) in [5.41, 5.74) is 0. The fraction of sp³-hybridized carbons (Fsp3) is 0.667. The minimum Gasteiger partial charge on any atom is -0.378 e. The Morgan fingerprint density at radius 3 is 1.80 bits per heavy atom. The second-order valence-corrected chi connectivity index (χ2v) is 3.91. The standard InChI is InChI=1S/C6H13Cl2NSi/c1-3-9(4-2)6(10)5(7)8/h3-4H2,1-2,10H3. The summed E-state index contributed by atoms with van der Waals surface area (Å²) in [6.07, 6.45) is 0. The largest absolute Gasteiger partial charge is 0.378 e. The van der Waals surface area contributed by atoms with Crippen LogP contribution in [0.4, 0.5) is 0 Å². The van der Waals surface area contributed by atoms with Gasteiger partial charge in [0.15, 0.2) is 0 Å². The van der Waals surface area contributed by atoms with Crippen molar-refractivity contribution in [1.82, 2.24) is 4.90 Å². The Kier molecular flexibility index (Phi) is 5.22. The summed E-state index contributed by atoms with van der Waals surface area (Å²) in [6.45, 7) is 6.16. The minimum atomic E-state index is 0.426. The van der Waals surface area contributed by atoms with Gasteiger partial charge in [-0.15, -0.1) is 0 Å². The highest BCUT2D eigenvalue weighted by atomic mass is 35.5. The smallest absolute Gasteiger partial charge is 0.120 e. The molecule has 0 aromatic rings. The van der Waals surface area contributed by atoms with Crippen molar-refractivity contribution in [2.24, 2.45) is 0 Å². The Morgan fingerprint density at radius 2 is 1.70 bits per heavy atom. The molecule has 0 radical (unpaired) electrons. The topological polar surface area (TPSA) is 3.24 Å². The molecule has 0 amide bonds. The molecule has 0 aliphatic heterocycles. The first kappa shape index (κ1) is 10.3. The summed E-state index contributed by atoms with van der Waals surface area (Å²) in [6, 6.07) is 0. The molecule has 0 rings (SSSR count). The molecular formula is C6H13Cl2NSi. The molecule has 0 atom stereocenters. The molecular weight excluding hydrogens is 185 g/mol. The van der Waals surface area contributed by atoms with Crippen LogP contribution in [0.3, 0.4) is 0 Å². The van der Waals surface area contributed by atoms with Crippen LogP contribution < -0.4 is 0 Å². The Hall–Kier alpha value is 0.337. The van der Waals surface area contributed by atoms with E-state index in [2.05, 4.69) is 18.7 Å². The van der Waals surface area contributed by atoms with Crippen molar-refractivity contribution in [2.45, 2.75) is 13.8 Å². The molecule has 4 heteroatoms. The molecule has 0 fully saturated rings. The van der Waals surface area contributed by atoms with Crippen LogP contribution in [0, 0.1) is 0 Å². The molecule has 0 saturated heterocycles. The second kappa shape index (κ2) is 5.05. The summed E-state index contributed by atoms with van der Waals surface area (Å²) in [7, 11) is 0.918. The average Bonchev–Trinajstić information content (AvgIpc) is 1.90. The molecule has 1 nitrogen and oxygen atoms in total. The monoisotopic (exact) mass is 197 g/mol. The Labute approximate surface area is 75.4 Å². The normalized spacial score (nSPS) is 9.60. The van der Waals surface area contributed by atoms with E-state index in [0.29, 0.717) is 4.49 Å². The van der Waals surface area contributed by atoms with Crippen LogP contribution in [0.5, 0.6) is 0 Å². The number of rotatable bonds is 3. The Balaban J connectivity index is 4.15. The lowest BCUT2D eigenvalue weighted by Gasteiger charge is -2.21. The predicted molar refractivity (Wildman–Crippen MR) is 51.6 cm³/mol. The van der Waals surface area contributed by atoms with E-state index in [1.807, 2.05) is 0 Å². The van der Waals surface area contributed by atoms with Crippen molar-refractivity contribution in [3.8, 4) is 0 Å². The number of nitrogens with zero attached hydrogens (tertiary/aromatic N) is 1. The lowest BCUT2D eigenvalue weighted by Crippen LogP contribution is -2.22. The van der Waals surface area contributed by atoms with Crippen LogP contribution >= 0.6 is 23.2 Å². The molecule has 0 saturated carbocycles. The van der Waals surface area contributed by atoms with Gasteiger partial charge in [0.05, 0.1) is 10.2 Å². The number of hydrogen-bond acceptors (Lipinski definition) is 1. The van der Waals surface area contributed by atoms with Crippen molar-refractivity contribution < 1.29 is 0 Å². The van der Waals surface area contributed by atoms with E-state index in [1.54, 1.807) is 0 Å². The van der Waals surface area contributed by atoms with E-state index in [9.17, 15) is 0 Å². The van der Waals surface area contributed by atoms with Crippen molar-refractivity contribution >= 4 is 33.4 Å². The van der Waals surface area contributed by atoms with Crippen molar-refractivity contribution in [1.29, 1.82) is 0 Å². The molecule has 0 bridgehead atoms. The zero-order valence-corrected chi connectivity index (χ0v) is 10.1. The van der Waals surface area contributed by atoms with Crippen molar-refractivity contribution in [3.05, 3.63) is 9.81 Å². The van der Waals surface area contributed by atoms with Gasteiger partial charge < -0.3 is 4.90 Å². The highest BCUT2D eigenvalue weighted by molar-refractivity contribution is 6.58. The molecule has 0 aromatic carbocycles. The highest BCUT2D eigenvalue weighted by Crippen LogP contribution is 2.14. The summed E-state index contributed by atoms with van der Waals surface area (Å²) < 4.78 is 0.426. The third-order valence-corrected chi connectivity index (χ3v) is 3.82. The average molecular weight is 198 g/mol. The number of hydrogen-bond donors (Lipinski definition) is 0. The maximum absolute atomic E-state index is 5.62. The van der Waals surface area contributed by atoms with Gasteiger partial charge in [-0.25, -0.2) is 0 Å². The maximum Gasteiger partial charge on any atom is 0.120 e. The Bertz CT molecular complexity index is 128. The molecule has 0 spiro atoms. The van der Waals surface area contributed by atoms with Gasteiger partial charge in [0.25, 0.3) is 0 Å². The van der Waals surface area contributed by atoms with E-state index in [1.165, 1.54) is 0 Å². The van der Waals surface area contributed by atoms with E-state index in [4.69, 9.17) is 23.2 Å². The van der Waals surface area contributed by atoms with Crippen LogP contribution in [0.2, 0.25) is 0 Å². The molecule has 0 unspecified atom stereocenters. The van der Waals surface area contributed by atoms with Gasteiger partial charge in [-0.05, 0) is 13.8 Å². The van der Waals surface area contributed by atoms with E-state index in [0.717, 1.165) is 28.7 Å². The summed E-state index contributed by atoms with van der Waals surface area (Å²) >= 11 is 11.2. The lowest BCUT2D eigenvalue weighted by molar-refractivity contribution is 0.406.